The first-order valence-corrected chi connectivity index (χ1v) is 7.02. The van der Waals surface area contributed by atoms with E-state index in [2.05, 4.69) is 10.1 Å². The minimum absolute atomic E-state index is 0.134. The van der Waals surface area contributed by atoms with E-state index in [-0.39, 0.29) is 11.4 Å². The zero-order valence-corrected chi connectivity index (χ0v) is 13.5. The molecule has 0 bridgehead atoms. The fourth-order valence-electron chi connectivity index (χ4n) is 2.30. The number of hydrogen-bond donors (Lipinski definition) is 0. The van der Waals surface area contributed by atoms with E-state index in [1.807, 2.05) is 34.7 Å². The van der Waals surface area contributed by atoms with Crippen LogP contribution >= 0.6 is 0 Å². The number of amides is 1. The van der Waals surface area contributed by atoms with E-state index in [1.165, 1.54) is 0 Å². The first-order chi connectivity index (χ1) is 9.74. The van der Waals surface area contributed by atoms with Crippen molar-refractivity contribution in [1.82, 2.24) is 19.7 Å². The van der Waals surface area contributed by atoms with Crippen molar-refractivity contribution in [1.29, 1.82) is 0 Å². The lowest BCUT2D eigenvalue weighted by atomic mass is 10.1. The molecule has 0 aliphatic rings. The average Bonchev–Trinajstić information content (AvgIpc) is 2.94. The minimum atomic E-state index is -0.264. The largest absolute Gasteiger partial charge is 0.431 e. The Kier molecular flexibility index (Phi) is 3.89. The van der Waals surface area contributed by atoms with Gasteiger partial charge < -0.3 is 9.32 Å². The van der Waals surface area contributed by atoms with E-state index in [0.717, 1.165) is 5.56 Å². The van der Waals surface area contributed by atoms with Crippen LogP contribution in [0, 0.1) is 6.92 Å². The van der Waals surface area contributed by atoms with Gasteiger partial charge in [0.2, 0.25) is 11.7 Å². The fourth-order valence-corrected chi connectivity index (χ4v) is 2.30. The van der Waals surface area contributed by atoms with Crippen LogP contribution in [0.1, 0.15) is 43.9 Å². The zero-order valence-electron chi connectivity index (χ0n) is 13.5. The summed E-state index contributed by atoms with van der Waals surface area (Å²) in [7, 11) is 1.82. The van der Waals surface area contributed by atoms with Crippen molar-refractivity contribution in [2.75, 3.05) is 6.54 Å². The average molecular weight is 290 g/mol. The molecular weight excluding hydrogens is 268 g/mol. The number of aryl methyl sites for hydroxylation is 2. The Bertz CT molecular complexity index is 649. The van der Waals surface area contributed by atoms with Crippen LogP contribution in [0.25, 0.3) is 11.5 Å². The van der Waals surface area contributed by atoms with Gasteiger partial charge in [0.25, 0.3) is 5.91 Å². The summed E-state index contributed by atoms with van der Waals surface area (Å²) in [5.74, 6) is 0.588. The van der Waals surface area contributed by atoms with Gasteiger partial charge in [0.1, 0.15) is 0 Å². The van der Waals surface area contributed by atoms with Crippen LogP contribution in [0.2, 0.25) is 0 Å². The smallest absolute Gasteiger partial charge is 0.292 e. The fraction of sp³-hybridized carbons (Fsp3) is 0.533. The molecule has 0 fully saturated rings. The molecule has 1 amide bonds. The summed E-state index contributed by atoms with van der Waals surface area (Å²) < 4.78 is 7.37. The predicted molar refractivity (Wildman–Crippen MR) is 79.9 cm³/mol. The second-order valence-electron chi connectivity index (χ2n) is 6.06. The van der Waals surface area contributed by atoms with Crippen LogP contribution < -0.4 is 0 Å². The molecule has 114 valence electrons. The van der Waals surface area contributed by atoms with E-state index in [0.29, 0.717) is 23.9 Å². The molecule has 2 rings (SSSR count). The van der Waals surface area contributed by atoms with E-state index >= 15 is 0 Å². The molecule has 0 radical (unpaired) electrons. The van der Waals surface area contributed by atoms with Crippen molar-refractivity contribution >= 4 is 5.91 Å². The second-order valence-corrected chi connectivity index (χ2v) is 6.06. The Morgan fingerprint density at radius 3 is 2.57 bits per heavy atom. The van der Waals surface area contributed by atoms with Gasteiger partial charge in [-0.15, -0.1) is 0 Å². The summed E-state index contributed by atoms with van der Waals surface area (Å²) in [5, 5.41) is 4.09. The molecule has 2 aromatic rings. The molecule has 21 heavy (non-hydrogen) atoms. The molecule has 0 unspecified atom stereocenters. The molecule has 6 nitrogen and oxygen atoms in total. The molecule has 6 heteroatoms. The van der Waals surface area contributed by atoms with Crippen molar-refractivity contribution < 1.29 is 9.21 Å². The number of carbonyl (C=O) groups is 1. The Hall–Kier alpha value is -2.11. The van der Waals surface area contributed by atoms with Gasteiger partial charge in [0.05, 0.1) is 17.5 Å². The third-order valence-corrected chi connectivity index (χ3v) is 3.31. The molecule has 0 atom stereocenters. The Morgan fingerprint density at radius 1 is 1.43 bits per heavy atom. The van der Waals surface area contributed by atoms with E-state index in [1.54, 1.807) is 28.9 Å². The van der Waals surface area contributed by atoms with Gasteiger partial charge in [-0.2, -0.15) is 5.10 Å². The predicted octanol–water partition coefficient (Wildman–Crippen LogP) is 2.64. The van der Waals surface area contributed by atoms with Gasteiger partial charge in [0.15, 0.2) is 0 Å². The van der Waals surface area contributed by atoms with Crippen LogP contribution in [0.3, 0.4) is 0 Å². The number of nitrogens with zero attached hydrogens (tertiary/aromatic N) is 4. The highest BCUT2D eigenvalue weighted by atomic mass is 16.4. The van der Waals surface area contributed by atoms with Crippen LogP contribution in [-0.4, -0.2) is 37.7 Å². The summed E-state index contributed by atoms with van der Waals surface area (Å²) in [5.41, 5.74) is 1.10. The lowest BCUT2D eigenvalue weighted by molar-refractivity contribution is 0.0566. The van der Waals surface area contributed by atoms with Crippen LogP contribution in [0.5, 0.6) is 0 Å². The monoisotopic (exact) mass is 290 g/mol. The summed E-state index contributed by atoms with van der Waals surface area (Å²) in [6.07, 6.45) is 3.47. The molecule has 0 aliphatic heterocycles. The van der Waals surface area contributed by atoms with Gasteiger partial charge in [-0.05, 0) is 34.6 Å². The number of rotatable bonds is 3. The summed E-state index contributed by atoms with van der Waals surface area (Å²) in [6, 6.07) is 0. The number of carbonyl (C=O) groups excluding carboxylic acids is 1. The number of oxazole rings is 1. The third kappa shape index (κ3) is 2.99. The Labute approximate surface area is 124 Å². The maximum atomic E-state index is 12.7. The normalized spacial score (nSPS) is 11.7. The lowest BCUT2D eigenvalue weighted by Gasteiger charge is -2.34. The number of hydrogen-bond acceptors (Lipinski definition) is 4. The summed E-state index contributed by atoms with van der Waals surface area (Å²) in [4.78, 5) is 18.8. The van der Waals surface area contributed by atoms with Crippen molar-refractivity contribution in [3.05, 3.63) is 23.8 Å². The maximum Gasteiger partial charge on any atom is 0.292 e. The van der Waals surface area contributed by atoms with Gasteiger partial charge in [-0.25, -0.2) is 4.98 Å². The molecule has 0 saturated heterocycles. The first-order valence-electron chi connectivity index (χ1n) is 7.02. The first kappa shape index (κ1) is 15.3. The molecule has 2 heterocycles. The molecule has 0 spiro atoms. The third-order valence-electron chi connectivity index (χ3n) is 3.31. The second kappa shape index (κ2) is 5.35. The molecule has 0 aliphatic carbocycles. The highest BCUT2D eigenvalue weighted by molar-refractivity contribution is 5.93. The Morgan fingerprint density at radius 2 is 2.10 bits per heavy atom. The zero-order chi connectivity index (χ0) is 15.8. The molecule has 0 saturated carbocycles. The van der Waals surface area contributed by atoms with Gasteiger partial charge in [-0.1, -0.05) is 0 Å². The van der Waals surface area contributed by atoms with E-state index < -0.39 is 0 Å². The molecule has 0 aromatic carbocycles. The molecule has 2 aromatic heterocycles. The highest BCUT2D eigenvalue weighted by Gasteiger charge is 2.30. The summed E-state index contributed by atoms with van der Waals surface area (Å²) in [6.45, 7) is 10.4. The highest BCUT2D eigenvalue weighted by Crippen LogP contribution is 2.24. The van der Waals surface area contributed by atoms with Crippen molar-refractivity contribution in [2.45, 2.75) is 40.2 Å². The molecular formula is C15H22N4O2. The quantitative estimate of drug-likeness (QED) is 0.871. The molecule has 0 N–H and O–H groups in total. The number of aromatic nitrogens is 3. The van der Waals surface area contributed by atoms with Crippen molar-refractivity contribution in [3.63, 3.8) is 0 Å². The Balaban J connectivity index is 2.37. The van der Waals surface area contributed by atoms with Crippen molar-refractivity contribution in [2.24, 2.45) is 7.05 Å². The minimum Gasteiger partial charge on any atom is -0.431 e. The van der Waals surface area contributed by atoms with E-state index in [9.17, 15) is 4.79 Å². The summed E-state index contributed by atoms with van der Waals surface area (Å²) >= 11 is 0. The van der Waals surface area contributed by atoms with Crippen LogP contribution in [0.4, 0.5) is 0 Å². The van der Waals surface area contributed by atoms with Crippen LogP contribution in [0.15, 0.2) is 16.8 Å². The topological polar surface area (TPSA) is 64.2 Å². The SMILES string of the molecule is CCN(C(=O)c1oc(-c2cnn(C)c2)nc1C)C(C)(C)C. The standard InChI is InChI=1S/C15H22N4O2/c1-7-19(15(3,4)5)14(20)12-10(2)17-13(21-12)11-8-16-18(6)9-11/h8-9H,7H2,1-6H3. The van der Waals surface area contributed by atoms with Crippen molar-refractivity contribution in [3.8, 4) is 11.5 Å². The van der Waals surface area contributed by atoms with Gasteiger partial charge >= 0.3 is 0 Å². The van der Waals surface area contributed by atoms with Gasteiger partial charge in [0, 0.05) is 25.3 Å². The van der Waals surface area contributed by atoms with Gasteiger partial charge in [-0.3, -0.25) is 9.48 Å². The maximum absolute atomic E-state index is 12.7. The van der Waals surface area contributed by atoms with Crippen LogP contribution in [-0.2, 0) is 7.05 Å². The van der Waals surface area contributed by atoms with E-state index in [4.69, 9.17) is 4.42 Å². The lowest BCUT2D eigenvalue weighted by Crippen LogP contribution is -2.45.